The van der Waals surface area contributed by atoms with Gasteiger partial charge in [0.2, 0.25) is 0 Å². The van der Waals surface area contributed by atoms with Crippen LogP contribution in [-0.2, 0) is 6.42 Å². The molecule has 1 fully saturated rings. The van der Waals surface area contributed by atoms with E-state index in [-0.39, 0.29) is 12.4 Å². The van der Waals surface area contributed by atoms with Crippen LogP contribution in [0.4, 0.5) is 0 Å². The van der Waals surface area contributed by atoms with Crippen LogP contribution in [0.25, 0.3) is 0 Å². The fraction of sp³-hybridized carbons (Fsp3) is 0.600. The molecule has 2 aliphatic rings. The predicted octanol–water partition coefficient (Wildman–Crippen LogP) is 2.76. The van der Waals surface area contributed by atoms with Gasteiger partial charge in [0, 0.05) is 12.1 Å². The molecular formula is C15H22ClNO2. The number of rotatable bonds is 2. The molecule has 19 heavy (non-hydrogen) atoms. The number of hydrogen-bond donors (Lipinski definition) is 1. The van der Waals surface area contributed by atoms with Crippen LogP contribution < -0.4 is 14.8 Å². The van der Waals surface area contributed by atoms with Crippen LogP contribution in [0.2, 0.25) is 0 Å². The Balaban J connectivity index is 0.00000133. The number of benzene rings is 1. The lowest BCUT2D eigenvalue weighted by atomic mass is 9.72. The van der Waals surface area contributed by atoms with Crippen molar-refractivity contribution >= 4 is 12.4 Å². The molecule has 1 aromatic rings. The molecule has 1 saturated heterocycles. The van der Waals surface area contributed by atoms with E-state index < -0.39 is 0 Å². The summed E-state index contributed by atoms with van der Waals surface area (Å²) in [6, 6.07) is 4.29. The Bertz CT molecular complexity index is 450. The Hall–Kier alpha value is -0.930. The van der Waals surface area contributed by atoms with Crippen molar-refractivity contribution in [2.24, 2.45) is 5.92 Å². The van der Waals surface area contributed by atoms with Crippen LogP contribution in [0, 0.1) is 5.92 Å². The van der Waals surface area contributed by atoms with E-state index in [9.17, 15) is 0 Å². The molecule has 0 radical (unpaired) electrons. The average molecular weight is 284 g/mol. The molecule has 1 heterocycles. The molecule has 3 rings (SSSR count). The zero-order valence-corrected chi connectivity index (χ0v) is 12.4. The van der Waals surface area contributed by atoms with Gasteiger partial charge in [0.15, 0.2) is 11.5 Å². The second-order valence-electron chi connectivity index (χ2n) is 5.27. The van der Waals surface area contributed by atoms with Crippen LogP contribution in [0.5, 0.6) is 11.5 Å². The molecule has 0 bridgehead atoms. The molecule has 0 unspecified atom stereocenters. The van der Waals surface area contributed by atoms with Gasteiger partial charge in [-0.25, -0.2) is 0 Å². The van der Waals surface area contributed by atoms with Crippen molar-refractivity contribution < 1.29 is 9.47 Å². The smallest absolute Gasteiger partial charge is 0.164 e. The van der Waals surface area contributed by atoms with E-state index in [0.29, 0.717) is 5.92 Å². The van der Waals surface area contributed by atoms with Crippen LogP contribution in [0.15, 0.2) is 12.1 Å². The number of nitrogens with one attached hydrogen (secondary N) is 1. The van der Waals surface area contributed by atoms with Gasteiger partial charge in [-0.15, -0.1) is 12.4 Å². The molecule has 4 heteroatoms. The highest BCUT2D eigenvalue weighted by atomic mass is 35.5. The molecule has 2 atom stereocenters. The SMILES string of the molecule is COc1ccc2c(c1OC)CC[C@H]1CCNC[C@H]21.Cl. The topological polar surface area (TPSA) is 30.5 Å². The molecule has 1 N–H and O–H groups in total. The molecule has 106 valence electrons. The minimum Gasteiger partial charge on any atom is -0.493 e. The molecule has 1 aliphatic carbocycles. The number of halogens is 1. The van der Waals surface area contributed by atoms with E-state index in [1.807, 2.05) is 0 Å². The molecular weight excluding hydrogens is 262 g/mol. The van der Waals surface area contributed by atoms with Crippen LogP contribution in [0.3, 0.4) is 0 Å². The fourth-order valence-corrected chi connectivity index (χ4v) is 3.56. The standard InChI is InChI=1S/C15H21NO2.ClH/c1-17-14-6-5-11-12(15(14)18-2)4-3-10-7-8-16-9-13(10)11;/h5-6,10,13,16H,3-4,7-9H2,1-2H3;1H/t10-,13-;/m0./s1. The summed E-state index contributed by atoms with van der Waals surface area (Å²) < 4.78 is 11.0. The Kier molecular flexibility index (Phi) is 4.58. The van der Waals surface area contributed by atoms with Crippen molar-refractivity contribution in [1.29, 1.82) is 0 Å². The Morgan fingerprint density at radius 2 is 2.00 bits per heavy atom. The first-order valence-electron chi connectivity index (χ1n) is 6.79. The summed E-state index contributed by atoms with van der Waals surface area (Å²) in [4.78, 5) is 0. The summed E-state index contributed by atoms with van der Waals surface area (Å²) in [5, 5.41) is 3.52. The first-order valence-corrected chi connectivity index (χ1v) is 6.79. The van der Waals surface area contributed by atoms with E-state index in [1.54, 1.807) is 14.2 Å². The molecule has 0 saturated carbocycles. The van der Waals surface area contributed by atoms with E-state index >= 15 is 0 Å². The first kappa shape index (κ1) is 14.5. The maximum atomic E-state index is 5.57. The minimum atomic E-state index is 0. The highest BCUT2D eigenvalue weighted by Crippen LogP contribution is 2.45. The monoisotopic (exact) mass is 283 g/mol. The average Bonchev–Trinajstić information content (AvgIpc) is 2.45. The lowest BCUT2D eigenvalue weighted by Crippen LogP contribution is -2.37. The summed E-state index contributed by atoms with van der Waals surface area (Å²) in [6.45, 7) is 2.27. The van der Waals surface area contributed by atoms with Crippen molar-refractivity contribution in [3.8, 4) is 11.5 Å². The second-order valence-corrected chi connectivity index (χ2v) is 5.27. The normalized spacial score (nSPS) is 24.7. The lowest BCUT2D eigenvalue weighted by Gasteiger charge is -2.38. The van der Waals surface area contributed by atoms with Crippen molar-refractivity contribution in [2.45, 2.75) is 25.2 Å². The van der Waals surface area contributed by atoms with Crippen LogP contribution in [-0.4, -0.2) is 27.3 Å². The van der Waals surface area contributed by atoms with E-state index in [1.165, 1.54) is 30.5 Å². The van der Waals surface area contributed by atoms with E-state index in [2.05, 4.69) is 17.4 Å². The van der Waals surface area contributed by atoms with Gasteiger partial charge < -0.3 is 14.8 Å². The molecule has 1 aromatic carbocycles. The van der Waals surface area contributed by atoms with Crippen molar-refractivity contribution in [2.75, 3.05) is 27.3 Å². The summed E-state index contributed by atoms with van der Waals surface area (Å²) >= 11 is 0. The van der Waals surface area contributed by atoms with E-state index in [4.69, 9.17) is 9.47 Å². The molecule has 1 aliphatic heterocycles. The highest BCUT2D eigenvalue weighted by Gasteiger charge is 2.33. The lowest BCUT2D eigenvalue weighted by molar-refractivity contribution is 0.283. The maximum absolute atomic E-state index is 5.57. The van der Waals surface area contributed by atoms with Crippen molar-refractivity contribution in [3.05, 3.63) is 23.3 Å². The van der Waals surface area contributed by atoms with Gasteiger partial charge in [0.1, 0.15) is 0 Å². The predicted molar refractivity (Wildman–Crippen MR) is 78.8 cm³/mol. The number of fused-ring (bicyclic) bond motifs is 3. The van der Waals surface area contributed by atoms with Crippen molar-refractivity contribution in [1.82, 2.24) is 5.32 Å². The largest absolute Gasteiger partial charge is 0.493 e. The number of methoxy groups -OCH3 is 2. The van der Waals surface area contributed by atoms with Gasteiger partial charge in [0.25, 0.3) is 0 Å². The Labute approximate surface area is 121 Å². The zero-order valence-electron chi connectivity index (χ0n) is 11.6. The van der Waals surface area contributed by atoms with Crippen LogP contribution >= 0.6 is 12.4 Å². The van der Waals surface area contributed by atoms with Gasteiger partial charge in [-0.05, 0) is 49.3 Å². The van der Waals surface area contributed by atoms with Crippen LogP contribution in [0.1, 0.15) is 29.9 Å². The van der Waals surface area contributed by atoms with Gasteiger partial charge >= 0.3 is 0 Å². The second kappa shape index (κ2) is 6.02. The Morgan fingerprint density at radius 1 is 1.16 bits per heavy atom. The fourth-order valence-electron chi connectivity index (χ4n) is 3.56. The van der Waals surface area contributed by atoms with Gasteiger partial charge in [-0.3, -0.25) is 0 Å². The summed E-state index contributed by atoms with van der Waals surface area (Å²) in [6.07, 6.45) is 3.71. The summed E-state index contributed by atoms with van der Waals surface area (Å²) in [7, 11) is 3.45. The zero-order chi connectivity index (χ0) is 12.5. The Morgan fingerprint density at radius 3 is 2.74 bits per heavy atom. The summed E-state index contributed by atoms with van der Waals surface area (Å²) in [5.41, 5.74) is 2.83. The number of hydrogen-bond acceptors (Lipinski definition) is 3. The molecule has 0 aromatic heterocycles. The first-order chi connectivity index (χ1) is 8.85. The van der Waals surface area contributed by atoms with Gasteiger partial charge in [0.05, 0.1) is 14.2 Å². The highest BCUT2D eigenvalue weighted by molar-refractivity contribution is 5.85. The molecule has 3 nitrogen and oxygen atoms in total. The molecule has 0 spiro atoms. The maximum Gasteiger partial charge on any atom is 0.164 e. The van der Waals surface area contributed by atoms with Crippen molar-refractivity contribution in [3.63, 3.8) is 0 Å². The van der Waals surface area contributed by atoms with Gasteiger partial charge in [-0.2, -0.15) is 0 Å². The summed E-state index contributed by atoms with van der Waals surface area (Å²) in [5.74, 6) is 3.30. The minimum absolute atomic E-state index is 0. The third-order valence-corrected chi connectivity index (χ3v) is 4.47. The third kappa shape index (κ3) is 2.41. The third-order valence-electron chi connectivity index (χ3n) is 4.47. The number of ether oxygens (including phenoxy) is 2. The van der Waals surface area contributed by atoms with Gasteiger partial charge in [-0.1, -0.05) is 6.07 Å². The van der Waals surface area contributed by atoms with E-state index in [0.717, 1.165) is 30.4 Å². The number of piperidine rings is 1. The quantitative estimate of drug-likeness (QED) is 0.905. The molecule has 0 amide bonds.